The van der Waals surface area contributed by atoms with Crippen molar-refractivity contribution >= 4 is 23.2 Å². The number of carbonyl (C=O) groups is 2. The topological polar surface area (TPSA) is 88.3 Å². The number of rotatable bonds is 4. The molecule has 0 bridgehead atoms. The summed E-state index contributed by atoms with van der Waals surface area (Å²) in [6.07, 6.45) is 4.67. The molecule has 0 aliphatic carbocycles. The fourth-order valence-electron chi connectivity index (χ4n) is 3.82. The molecule has 0 spiro atoms. The number of benzene rings is 2. The molecule has 4 rings (SSSR count). The van der Waals surface area contributed by atoms with E-state index in [1.54, 1.807) is 4.90 Å². The smallest absolute Gasteiger partial charge is 0.255 e. The summed E-state index contributed by atoms with van der Waals surface area (Å²) in [5, 5.41) is 2.54. The minimum atomic E-state index is -0.596. The minimum absolute atomic E-state index is 0.0237. The third-order valence-electron chi connectivity index (χ3n) is 5.59. The lowest BCUT2D eigenvalue weighted by molar-refractivity contribution is 0.0712. The Morgan fingerprint density at radius 1 is 0.968 bits per heavy atom. The molecule has 1 aliphatic rings. The number of carbonyl (C=O) groups excluding carboxylic acids is 2. The van der Waals surface area contributed by atoms with Crippen LogP contribution in [0, 0.1) is 5.82 Å². The molecule has 0 saturated carbocycles. The van der Waals surface area contributed by atoms with Crippen molar-refractivity contribution in [1.29, 1.82) is 0 Å². The summed E-state index contributed by atoms with van der Waals surface area (Å²) < 4.78 is 14.3. The molecule has 1 aromatic heterocycles. The zero-order valence-electron chi connectivity index (χ0n) is 16.9. The molecular formula is C24H23FN4O2. The Balaban J connectivity index is 1.42. The first-order valence-electron chi connectivity index (χ1n) is 10.2. The van der Waals surface area contributed by atoms with Crippen molar-refractivity contribution in [3.8, 4) is 0 Å². The number of nitrogens with one attached hydrogen (secondary N) is 1. The van der Waals surface area contributed by atoms with Crippen LogP contribution in [0.5, 0.6) is 0 Å². The fourth-order valence-corrected chi connectivity index (χ4v) is 3.82. The van der Waals surface area contributed by atoms with Gasteiger partial charge in [-0.3, -0.25) is 14.6 Å². The van der Waals surface area contributed by atoms with Crippen LogP contribution in [0.15, 0.2) is 67.0 Å². The molecule has 0 atom stereocenters. The molecule has 2 heterocycles. The van der Waals surface area contributed by atoms with Gasteiger partial charge in [0.2, 0.25) is 0 Å². The van der Waals surface area contributed by atoms with Crippen LogP contribution in [0.4, 0.5) is 15.8 Å². The third-order valence-corrected chi connectivity index (χ3v) is 5.59. The first-order valence-corrected chi connectivity index (χ1v) is 10.2. The van der Waals surface area contributed by atoms with Crippen LogP contribution in [-0.2, 0) is 0 Å². The first kappa shape index (κ1) is 20.5. The summed E-state index contributed by atoms with van der Waals surface area (Å²) in [6, 6.07) is 15.0. The third kappa shape index (κ3) is 4.71. The second-order valence-corrected chi connectivity index (χ2v) is 7.62. The zero-order valence-corrected chi connectivity index (χ0v) is 16.9. The van der Waals surface area contributed by atoms with Crippen molar-refractivity contribution in [2.24, 2.45) is 0 Å². The van der Waals surface area contributed by atoms with Crippen LogP contribution in [-0.4, -0.2) is 34.8 Å². The lowest BCUT2D eigenvalue weighted by Crippen LogP contribution is -2.38. The molecule has 1 aliphatic heterocycles. The van der Waals surface area contributed by atoms with E-state index in [2.05, 4.69) is 10.3 Å². The Bertz CT molecular complexity index is 1080. The normalized spacial score (nSPS) is 14.3. The Labute approximate surface area is 179 Å². The quantitative estimate of drug-likeness (QED) is 0.625. The largest absolute Gasteiger partial charge is 0.399 e. The van der Waals surface area contributed by atoms with Crippen LogP contribution in [0.1, 0.15) is 45.0 Å². The molecule has 2 aromatic carbocycles. The van der Waals surface area contributed by atoms with Crippen molar-refractivity contribution in [1.82, 2.24) is 9.88 Å². The number of nitrogens with two attached hydrogens (primary N) is 1. The van der Waals surface area contributed by atoms with Crippen molar-refractivity contribution < 1.29 is 14.0 Å². The number of anilines is 2. The number of nitrogen functional groups attached to an aromatic ring is 1. The average molecular weight is 418 g/mol. The number of likely N-dealkylation sites (tertiary alicyclic amines) is 1. The summed E-state index contributed by atoms with van der Waals surface area (Å²) in [6.45, 7) is 1.23. The minimum Gasteiger partial charge on any atom is -0.399 e. The number of pyridine rings is 1. The van der Waals surface area contributed by atoms with Crippen LogP contribution in [0.3, 0.4) is 0 Å². The van der Waals surface area contributed by atoms with Gasteiger partial charge in [0.1, 0.15) is 5.82 Å². The highest BCUT2D eigenvalue weighted by atomic mass is 19.1. The van der Waals surface area contributed by atoms with E-state index >= 15 is 0 Å². The Morgan fingerprint density at radius 3 is 2.32 bits per heavy atom. The number of amides is 2. The van der Waals surface area contributed by atoms with Crippen LogP contribution < -0.4 is 11.1 Å². The maximum absolute atomic E-state index is 14.3. The SMILES string of the molecule is Nc1ccc(C2CCN(C(=O)c3ccc(F)c(NC(=O)c4ccncc4)c3)CC2)cc1. The highest BCUT2D eigenvalue weighted by molar-refractivity contribution is 6.05. The second kappa shape index (κ2) is 8.95. The second-order valence-electron chi connectivity index (χ2n) is 7.62. The van der Waals surface area contributed by atoms with Crippen molar-refractivity contribution in [3.63, 3.8) is 0 Å². The maximum Gasteiger partial charge on any atom is 0.255 e. The van der Waals surface area contributed by atoms with Crippen LogP contribution >= 0.6 is 0 Å². The van der Waals surface area contributed by atoms with E-state index in [0.29, 0.717) is 30.1 Å². The van der Waals surface area contributed by atoms with Gasteiger partial charge in [0.25, 0.3) is 11.8 Å². The molecular weight excluding hydrogens is 395 g/mol. The first-order chi connectivity index (χ1) is 15.0. The lowest BCUT2D eigenvalue weighted by atomic mass is 9.89. The molecule has 158 valence electrons. The van der Waals surface area contributed by atoms with Gasteiger partial charge in [-0.25, -0.2) is 4.39 Å². The number of aromatic nitrogens is 1. The van der Waals surface area contributed by atoms with E-state index in [4.69, 9.17) is 5.73 Å². The molecule has 7 heteroatoms. The predicted molar refractivity (Wildman–Crippen MR) is 117 cm³/mol. The number of hydrogen-bond donors (Lipinski definition) is 2. The van der Waals surface area contributed by atoms with Crippen molar-refractivity contribution in [2.75, 3.05) is 24.1 Å². The van der Waals surface area contributed by atoms with Crippen LogP contribution in [0.25, 0.3) is 0 Å². The Kier molecular flexibility index (Phi) is 5.93. The van der Waals surface area contributed by atoms with Gasteiger partial charge in [0, 0.05) is 42.3 Å². The monoisotopic (exact) mass is 418 g/mol. The van der Waals surface area contributed by atoms with E-state index < -0.39 is 11.7 Å². The van der Waals surface area contributed by atoms with Crippen molar-refractivity contribution in [2.45, 2.75) is 18.8 Å². The number of halogens is 1. The standard InChI is InChI=1S/C24H23FN4O2/c25-21-6-3-19(15-22(21)28-23(30)18-7-11-27-12-8-18)24(31)29-13-9-17(10-14-29)16-1-4-20(26)5-2-16/h1-8,11-12,15,17H,9-10,13-14,26H2,(H,28,30). The van der Waals surface area contributed by atoms with E-state index in [0.717, 1.165) is 18.5 Å². The molecule has 3 aromatic rings. The van der Waals surface area contributed by atoms with E-state index in [1.165, 1.54) is 48.3 Å². The summed E-state index contributed by atoms with van der Waals surface area (Å²) in [5.41, 5.74) is 8.40. The molecule has 31 heavy (non-hydrogen) atoms. The van der Waals surface area contributed by atoms with Gasteiger partial charge in [-0.15, -0.1) is 0 Å². The summed E-state index contributed by atoms with van der Waals surface area (Å²) in [4.78, 5) is 30.9. The van der Waals surface area contributed by atoms with Gasteiger partial charge in [-0.05, 0) is 66.8 Å². The summed E-state index contributed by atoms with van der Waals surface area (Å²) in [5.74, 6) is -0.848. The highest BCUT2D eigenvalue weighted by Crippen LogP contribution is 2.29. The Morgan fingerprint density at radius 2 is 1.65 bits per heavy atom. The predicted octanol–water partition coefficient (Wildman–Crippen LogP) is 4.08. The highest BCUT2D eigenvalue weighted by Gasteiger charge is 2.25. The van der Waals surface area contributed by atoms with Gasteiger partial charge in [-0.2, -0.15) is 0 Å². The molecule has 1 fully saturated rings. The molecule has 3 N–H and O–H groups in total. The molecule has 2 amide bonds. The van der Waals surface area contributed by atoms with E-state index in [1.807, 2.05) is 24.3 Å². The summed E-state index contributed by atoms with van der Waals surface area (Å²) in [7, 11) is 0. The maximum atomic E-state index is 14.3. The Hall–Kier alpha value is -3.74. The van der Waals surface area contributed by atoms with Gasteiger partial charge in [0.05, 0.1) is 5.69 Å². The lowest BCUT2D eigenvalue weighted by Gasteiger charge is -2.32. The van der Waals surface area contributed by atoms with Gasteiger partial charge < -0.3 is 16.0 Å². The van der Waals surface area contributed by atoms with Crippen LogP contribution in [0.2, 0.25) is 0 Å². The molecule has 1 saturated heterocycles. The molecule has 0 unspecified atom stereocenters. The van der Waals surface area contributed by atoms with E-state index in [9.17, 15) is 14.0 Å². The van der Waals surface area contributed by atoms with E-state index in [-0.39, 0.29) is 11.6 Å². The summed E-state index contributed by atoms with van der Waals surface area (Å²) >= 11 is 0. The number of piperidine rings is 1. The molecule has 0 radical (unpaired) electrons. The molecule has 6 nitrogen and oxygen atoms in total. The zero-order chi connectivity index (χ0) is 21.8. The van der Waals surface area contributed by atoms with Crippen molar-refractivity contribution in [3.05, 3.63) is 89.5 Å². The number of nitrogens with zero attached hydrogens (tertiary/aromatic N) is 2. The fraction of sp³-hybridized carbons (Fsp3) is 0.208. The van der Waals surface area contributed by atoms with Gasteiger partial charge >= 0.3 is 0 Å². The van der Waals surface area contributed by atoms with Gasteiger partial charge in [0.15, 0.2) is 0 Å². The number of hydrogen-bond acceptors (Lipinski definition) is 4. The average Bonchev–Trinajstić information content (AvgIpc) is 2.81. The van der Waals surface area contributed by atoms with Gasteiger partial charge in [-0.1, -0.05) is 12.1 Å².